The first-order valence-corrected chi connectivity index (χ1v) is 8.79. The zero-order valence-corrected chi connectivity index (χ0v) is 14.6. The highest BCUT2D eigenvalue weighted by molar-refractivity contribution is 5.76. The van der Waals surface area contributed by atoms with E-state index in [4.69, 9.17) is 0 Å². The quantitative estimate of drug-likeness (QED) is 0.822. The van der Waals surface area contributed by atoms with Crippen molar-refractivity contribution < 1.29 is 14.3 Å². The number of rotatable bonds is 6. The van der Waals surface area contributed by atoms with Gasteiger partial charge in [-0.05, 0) is 37.0 Å². The molecule has 1 aliphatic heterocycles. The maximum atomic E-state index is 12.9. The summed E-state index contributed by atoms with van der Waals surface area (Å²) < 4.78 is 12.9. The predicted molar refractivity (Wildman–Crippen MR) is 96.2 cm³/mol. The lowest BCUT2D eigenvalue weighted by Gasteiger charge is -2.39. The molecule has 0 bridgehead atoms. The Labute approximate surface area is 152 Å². The number of β-amino-alcohol motifs (C(OH)–C–C–N with tert-alkyl or cyclic N) is 1. The Hall–Kier alpha value is -2.54. The van der Waals surface area contributed by atoms with Crippen LogP contribution >= 0.6 is 0 Å². The van der Waals surface area contributed by atoms with Crippen molar-refractivity contribution in [2.75, 3.05) is 24.5 Å². The second kappa shape index (κ2) is 8.23. The van der Waals surface area contributed by atoms with Crippen molar-refractivity contribution in [2.24, 2.45) is 0 Å². The third-order valence-electron chi connectivity index (χ3n) is 4.60. The number of nitrogens with zero attached hydrogens (tertiary/aromatic N) is 3. The van der Waals surface area contributed by atoms with Crippen molar-refractivity contribution in [3.05, 3.63) is 54.2 Å². The van der Waals surface area contributed by atoms with Crippen LogP contribution in [0.3, 0.4) is 0 Å². The molecule has 0 radical (unpaired) electrons. The Kier molecular flexibility index (Phi) is 5.78. The average Bonchev–Trinajstić information content (AvgIpc) is 2.67. The smallest absolute Gasteiger partial charge is 0.220 e. The van der Waals surface area contributed by atoms with Gasteiger partial charge in [0.2, 0.25) is 5.91 Å². The molecule has 138 valence electrons. The van der Waals surface area contributed by atoms with Gasteiger partial charge in [-0.15, -0.1) is 0 Å². The SMILES string of the molecule is O=C(CCc1ccc(F)cc1)NC[C@@]1(O)CCCN(c2cnccn2)C1. The van der Waals surface area contributed by atoms with E-state index in [9.17, 15) is 14.3 Å². The van der Waals surface area contributed by atoms with Crippen molar-refractivity contribution in [2.45, 2.75) is 31.3 Å². The molecule has 6 nitrogen and oxygen atoms in total. The molecule has 2 N–H and O–H groups in total. The summed E-state index contributed by atoms with van der Waals surface area (Å²) in [5.74, 6) is 0.318. The lowest BCUT2D eigenvalue weighted by Crippen LogP contribution is -2.54. The number of anilines is 1. The number of aliphatic hydroxyl groups is 1. The minimum Gasteiger partial charge on any atom is -0.386 e. The van der Waals surface area contributed by atoms with Gasteiger partial charge in [0, 0.05) is 38.4 Å². The van der Waals surface area contributed by atoms with E-state index in [-0.39, 0.29) is 18.3 Å². The number of amides is 1. The highest BCUT2D eigenvalue weighted by Crippen LogP contribution is 2.24. The molecule has 1 aromatic carbocycles. The maximum absolute atomic E-state index is 12.9. The number of piperidine rings is 1. The summed E-state index contributed by atoms with van der Waals surface area (Å²) >= 11 is 0. The summed E-state index contributed by atoms with van der Waals surface area (Å²) in [7, 11) is 0. The van der Waals surface area contributed by atoms with Crippen LogP contribution in [0.1, 0.15) is 24.8 Å². The van der Waals surface area contributed by atoms with E-state index in [1.165, 1.54) is 12.1 Å². The van der Waals surface area contributed by atoms with Crippen LogP contribution in [-0.2, 0) is 11.2 Å². The lowest BCUT2D eigenvalue weighted by atomic mass is 9.92. The highest BCUT2D eigenvalue weighted by Gasteiger charge is 2.34. The van der Waals surface area contributed by atoms with Crippen molar-refractivity contribution in [3.63, 3.8) is 0 Å². The first-order chi connectivity index (χ1) is 12.5. The number of aryl methyl sites for hydroxylation is 1. The number of carbonyl (C=O) groups excluding carboxylic acids is 1. The number of hydrogen-bond acceptors (Lipinski definition) is 5. The fourth-order valence-electron chi connectivity index (χ4n) is 3.17. The minimum atomic E-state index is -0.985. The predicted octanol–water partition coefficient (Wildman–Crippen LogP) is 1.70. The fraction of sp³-hybridized carbons (Fsp3) is 0.421. The van der Waals surface area contributed by atoms with Gasteiger partial charge in [-0.3, -0.25) is 9.78 Å². The zero-order chi connectivity index (χ0) is 18.4. The molecule has 2 aromatic rings. The molecule has 0 spiro atoms. The van der Waals surface area contributed by atoms with Crippen LogP contribution in [0.15, 0.2) is 42.9 Å². The summed E-state index contributed by atoms with van der Waals surface area (Å²) in [5.41, 5.74) is -0.0758. The largest absolute Gasteiger partial charge is 0.386 e. The number of benzene rings is 1. The molecule has 1 amide bonds. The Balaban J connectivity index is 1.48. The lowest BCUT2D eigenvalue weighted by molar-refractivity contribution is -0.122. The van der Waals surface area contributed by atoms with Crippen LogP contribution in [0.25, 0.3) is 0 Å². The van der Waals surface area contributed by atoms with E-state index in [0.29, 0.717) is 25.8 Å². The van der Waals surface area contributed by atoms with Crippen LogP contribution in [0, 0.1) is 5.82 Å². The van der Waals surface area contributed by atoms with E-state index in [1.54, 1.807) is 30.7 Å². The van der Waals surface area contributed by atoms with E-state index in [1.807, 2.05) is 4.90 Å². The van der Waals surface area contributed by atoms with Gasteiger partial charge in [-0.2, -0.15) is 0 Å². The zero-order valence-electron chi connectivity index (χ0n) is 14.6. The van der Waals surface area contributed by atoms with Crippen molar-refractivity contribution in [1.82, 2.24) is 15.3 Å². The molecule has 1 aromatic heterocycles. The molecule has 1 atom stereocenters. The summed E-state index contributed by atoms with van der Waals surface area (Å²) in [6, 6.07) is 6.13. The van der Waals surface area contributed by atoms with E-state index in [2.05, 4.69) is 15.3 Å². The minimum absolute atomic E-state index is 0.126. The molecular weight excluding hydrogens is 335 g/mol. The standard InChI is InChI=1S/C19H23FN4O2/c20-16-5-2-15(3-6-16)4-7-18(25)23-13-19(26)8-1-11-24(14-19)17-12-21-9-10-22-17/h2-3,5-6,9-10,12,26H,1,4,7-8,11,13-14H2,(H,23,25)/t19-/m0/s1. The number of carbonyl (C=O) groups is 1. The molecule has 1 saturated heterocycles. The van der Waals surface area contributed by atoms with Gasteiger partial charge in [-0.1, -0.05) is 12.1 Å². The molecule has 7 heteroatoms. The first-order valence-electron chi connectivity index (χ1n) is 8.79. The average molecular weight is 358 g/mol. The highest BCUT2D eigenvalue weighted by atomic mass is 19.1. The Morgan fingerprint density at radius 1 is 1.31 bits per heavy atom. The monoisotopic (exact) mass is 358 g/mol. The third kappa shape index (κ3) is 4.98. The van der Waals surface area contributed by atoms with Gasteiger partial charge < -0.3 is 15.3 Å². The van der Waals surface area contributed by atoms with Crippen LogP contribution in [0.5, 0.6) is 0 Å². The number of aromatic nitrogens is 2. The number of nitrogens with one attached hydrogen (secondary N) is 1. The molecule has 2 heterocycles. The van der Waals surface area contributed by atoms with Gasteiger partial charge in [0.05, 0.1) is 11.8 Å². The maximum Gasteiger partial charge on any atom is 0.220 e. The van der Waals surface area contributed by atoms with Gasteiger partial charge in [-0.25, -0.2) is 9.37 Å². The molecule has 1 fully saturated rings. The summed E-state index contributed by atoms with van der Waals surface area (Å²) in [5, 5.41) is 13.6. The van der Waals surface area contributed by atoms with Crippen molar-refractivity contribution in [1.29, 1.82) is 0 Å². The van der Waals surface area contributed by atoms with E-state index in [0.717, 1.165) is 24.3 Å². The second-order valence-electron chi connectivity index (χ2n) is 6.72. The van der Waals surface area contributed by atoms with Crippen LogP contribution in [0.2, 0.25) is 0 Å². The molecule has 0 unspecified atom stereocenters. The molecule has 0 aliphatic carbocycles. The van der Waals surface area contributed by atoms with E-state index >= 15 is 0 Å². The van der Waals surface area contributed by atoms with Crippen molar-refractivity contribution in [3.8, 4) is 0 Å². The number of hydrogen-bond donors (Lipinski definition) is 2. The molecule has 3 rings (SSSR count). The van der Waals surface area contributed by atoms with Crippen LogP contribution in [0.4, 0.5) is 10.2 Å². The Morgan fingerprint density at radius 3 is 2.85 bits per heavy atom. The normalized spacial score (nSPS) is 20.0. The first kappa shape index (κ1) is 18.3. The summed E-state index contributed by atoms with van der Waals surface area (Å²) in [4.78, 5) is 22.4. The fourth-order valence-corrected chi connectivity index (χ4v) is 3.17. The number of halogens is 1. The van der Waals surface area contributed by atoms with E-state index < -0.39 is 5.60 Å². The molecule has 0 saturated carbocycles. The molecule has 26 heavy (non-hydrogen) atoms. The van der Waals surface area contributed by atoms with Gasteiger partial charge in [0.15, 0.2) is 0 Å². The van der Waals surface area contributed by atoms with Crippen LogP contribution in [-0.4, -0.2) is 46.2 Å². The van der Waals surface area contributed by atoms with Gasteiger partial charge in [0.25, 0.3) is 0 Å². The summed E-state index contributed by atoms with van der Waals surface area (Å²) in [6.45, 7) is 1.41. The topological polar surface area (TPSA) is 78.4 Å². The third-order valence-corrected chi connectivity index (χ3v) is 4.60. The Morgan fingerprint density at radius 2 is 2.12 bits per heavy atom. The van der Waals surface area contributed by atoms with Crippen LogP contribution < -0.4 is 10.2 Å². The van der Waals surface area contributed by atoms with Gasteiger partial charge >= 0.3 is 0 Å². The second-order valence-corrected chi connectivity index (χ2v) is 6.72. The molecule has 1 aliphatic rings. The van der Waals surface area contributed by atoms with Crippen molar-refractivity contribution >= 4 is 11.7 Å². The molecular formula is C19H23FN4O2. The Bertz CT molecular complexity index is 726. The van der Waals surface area contributed by atoms with Gasteiger partial charge in [0.1, 0.15) is 11.6 Å². The summed E-state index contributed by atoms with van der Waals surface area (Å²) in [6.07, 6.45) is 7.20.